The molecular formula is C121H259F11O. The molecule has 0 radical (unpaired) electrons. The molecule has 2 rings (SSSR count). The molecule has 1 saturated heterocycles. The lowest BCUT2D eigenvalue weighted by Gasteiger charge is -2.42. The third-order valence-corrected chi connectivity index (χ3v) is 19.9. The van der Waals surface area contributed by atoms with Gasteiger partial charge in [0.15, 0.2) is 0 Å². The first-order valence-electron chi connectivity index (χ1n) is 52.2. The molecule has 0 amide bonds. The summed E-state index contributed by atoms with van der Waals surface area (Å²) >= 11 is 0. The van der Waals surface area contributed by atoms with Crippen LogP contribution in [0.25, 0.3) is 0 Å². The first-order chi connectivity index (χ1) is 56.1. The fourth-order valence-electron chi connectivity index (χ4n) is 17.2. The van der Waals surface area contributed by atoms with Crippen LogP contribution in [0.4, 0.5) is 48.3 Å². The van der Waals surface area contributed by atoms with Gasteiger partial charge in [-0.1, -0.05) is 436 Å². The van der Waals surface area contributed by atoms with Crippen LogP contribution in [0, 0.1) is 110 Å². The number of alkyl halides is 11. The summed E-state index contributed by atoms with van der Waals surface area (Å²) in [5, 5.41) is 0. The quantitative estimate of drug-likeness (QED) is 0.104. The van der Waals surface area contributed by atoms with Crippen LogP contribution >= 0.6 is 0 Å². The highest BCUT2D eigenvalue weighted by Gasteiger charge is 2.41. The van der Waals surface area contributed by atoms with Gasteiger partial charge in [0, 0.05) is 37.5 Å². The van der Waals surface area contributed by atoms with Crippen molar-refractivity contribution in [2.24, 2.45) is 110 Å². The van der Waals surface area contributed by atoms with Crippen LogP contribution in [0.1, 0.15) is 619 Å². The zero-order valence-electron chi connectivity index (χ0n) is 102. The molecule has 0 aromatic rings. The van der Waals surface area contributed by atoms with Crippen molar-refractivity contribution in [1.82, 2.24) is 0 Å². The summed E-state index contributed by atoms with van der Waals surface area (Å²) in [6, 6.07) is 0. The molecule has 1 nitrogen and oxygen atoms in total. The first-order valence-corrected chi connectivity index (χ1v) is 52.2. The highest BCUT2D eigenvalue weighted by Crippen LogP contribution is 2.53. The van der Waals surface area contributed by atoms with E-state index in [1.54, 1.807) is 34.6 Å². The SMILES string of the molecule is C.C.CC(C)(C)CC(C)(C)C.CC(C)(C)CC(C)(C)F.CC(C)(C)CC(C)(F)F.CC(C)(C)CC1(C)CC1.CC(C)(C)CC1(C)COC1.CC(C)CC(C)(C)C.CCC(C)(F)CC(C)(C)C.CCC(C)(F)CC(C)(C)C.CCC(C)(F)CC(C)(C)C.CCC(C)CC(C)(C)C.CCC(C)CC(C)(C)C.CCC(F)(F)CC(C)(C)C.CCC(F)(F)CC(C)(C)C.CCC(F)CC(C)(C)C. The molecule has 133 heavy (non-hydrogen) atoms. The molecule has 1 aliphatic carbocycles. The van der Waals surface area contributed by atoms with Crippen molar-refractivity contribution < 1.29 is 53.0 Å². The van der Waals surface area contributed by atoms with E-state index in [0.29, 0.717) is 101 Å². The van der Waals surface area contributed by atoms with Crippen molar-refractivity contribution in [1.29, 1.82) is 0 Å². The second kappa shape index (κ2) is 67.0. The Morgan fingerprint density at radius 2 is 0.451 bits per heavy atom. The van der Waals surface area contributed by atoms with Gasteiger partial charge in [-0.25, -0.2) is 48.3 Å². The predicted octanol–water partition coefficient (Wildman–Crippen LogP) is 47.5. The maximum Gasteiger partial charge on any atom is 0.248 e. The van der Waals surface area contributed by atoms with E-state index < -0.39 is 46.6 Å². The third kappa shape index (κ3) is 171. The van der Waals surface area contributed by atoms with Crippen LogP contribution < -0.4 is 0 Å². The van der Waals surface area contributed by atoms with Crippen molar-refractivity contribution in [3.63, 3.8) is 0 Å². The Kier molecular flexibility index (Phi) is 82.0. The fourth-order valence-corrected chi connectivity index (χ4v) is 17.2. The number of halogens is 11. The first kappa shape index (κ1) is 163. The monoisotopic (exact) mass is 1940 g/mol. The van der Waals surface area contributed by atoms with Gasteiger partial charge < -0.3 is 4.74 Å². The Balaban J connectivity index is -0.0000000955. The zero-order chi connectivity index (χ0) is 109. The minimum Gasteiger partial charge on any atom is -0.380 e. The average molecular weight is 1940 g/mol. The maximum atomic E-state index is 13.3. The van der Waals surface area contributed by atoms with Crippen LogP contribution in [0.15, 0.2) is 0 Å². The molecule has 2 fully saturated rings. The Morgan fingerprint density at radius 3 is 0.496 bits per heavy atom. The van der Waals surface area contributed by atoms with Crippen molar-refractivity contribution in [3.8, 4) is 0 Å². The lowest BCUT2D eigenvalue weighted by atomic mass is 9.74. The van der Waals surface area contributed by atoms with Gasteiger partial charge in [-0.2, -0.15) is 0 Å². The topological polar surface area (TPSA) is 9.23 Å². The molecule has 0 aromatic heterocycles. The molecular weight excluding hydrogens is 1680 g/mol. The highest BCUT2D eigenvalue weighted by atomic mass is 19.3. The van der Waals surface area contributed by atoms with Crippen molar-refractivity contribution in [3.05, 3.63) is 0 Å². The number of hydrogen-bond donors (Lipinski definition) is 0. The molecule has 0 spiro atoms. The summed E-state index contributed by atoms with van der Waals surface area (Å²) in [5.41, 5.74) is 0.617. The largest absolute Gasteiger partial charge is 0.380 e. The van der Waals surface area contributed by atoms with Crippen LogP contribution in [0.2, 0.25) is 0 Å². The van der Waals surface area contributed by atoms with Crippen LogP contribution in [-0.4, -0.2) is 59.8 Å². The van der Waals surface area contributed by atoms with E-state index in [1.807, 2.05) is 111 Å². The van der Waals surface area contributed by atoms with Gasteiger partial charge in [-0.15, -0.1) is 0 Å². The predicted molar refractivity (Wildman–Crippen MR) is 591 cm³/mol. The summed E-state index contributed by atoms with van der Waals surface area (Å²) in [6.45, 7) is 136. The summed E-state index contributed by atoms with van der Waals surface area (Å²) in [5.74, 6) is -4.83. The van der Waals surface area contributed by atoms with Gasteiger partial charge >= 0.3 is 0 Å². The van der Waals surface area contributed by atoms with Crippen molar-refractivity contribution >= 4 is 0 Å². The molecule has 0 aromatic carbocycles. The Hall–Kier alpha value is -0.810. The van der Waals surface area contributed by atoms with Gasteiger partial charge in [0.2, 0.25) is 17.8 Å². The van der Waals surface area contributed by atoms with E-state index in [2.05, 4.69) is 284 Å². The Morgan fingerprint density at radius 1 is 0.241 bits per heavy atom. The molecule has 2 aliphatic rings. The Bertz CT molecular complexity index is 2230. The van der Waals surface area contributed by atoms with Crippen LogP contribution in [0.5, 0.6) is 0 Å². The molecule has 826 valence electrons. The minimum absolute atomic E-state index is 0. The minimum atomic E-state index is -2.52. The van der Waals surface area contributed by atoms with E-state index in [9.17, 15) is 48.3 Å². The Labute approximate surface area is 837 Å². The molecule has 1 saturated carbocycles. The van der Waals surface area contributed by atoms with Gasteiger partial charge in [0.25, 0.3) is 0 Å². The second-order valence-electron chi connectivity index (χ2n) is 61.5. The van der Waals surface area contributed by atoms with Gasteiger partial charge in [0.05, 0.1) is 13.2 Å². The lowest BCUT2D eigenvalue weighted by molar-refractivity contribution is -0.119. The standard InChI is InChI=1S/3C9H19F.C9H18O.C9H18.3C9H20.2C8H16F2.2C8H17F.C8H18.C7H14F2.2CH4/c3*1-6-9(5,10)7-8(2,3)4;1-8(2,3)5-9(4)6-10-7-9;1-8(2,3)7-9(4)5-6-9;1-8(2,3)7-9(4,5)6;2*1-6-8(2)7-9(3,4)5;2*1-5-8(9,10)6-7(2,3)4;1-7(2,3)6-8(4,5)9;1-5-7(9)6-8(2,3)4;1-7(2)6-8(3,4)5;1-6(2,3)5-7(4,8)9;;/h3*6-7H2,1-5H3;5-7H2,1-4H3;5-7H2,1-4H3;7H2,1-6H3;2*8H,6-7H2,1-5H3;2*5-6H2,1-4H3;6H2,1-5H3;7H,5-6H2,1-4H3;7H,6H2,1-5H3;5H2,1-4H3;2*1H4. The fraction of sp³-hybridized carbons (Fsp3) is 1.00. The molecule has 1 aliphatic heterocycles. The van der Waals surface area contributed by atoms with E-state index in [-0.39, 0.29) is 90.3 Å². The summed E-state index contributed by atoms with van der Waals surface area (Å²) in [6.07, 6.45) is 18.5. The van der Waals surface area contributed by atoms with Crippen molar-refractivity contribution in [2.45, 2.75) is 666 Å². The molecule has 6 atom stereocenters. The van der Waals surface area contributed by atoms with Crippen LogP contribution in [-0.2, 0) is 4.74 Å². The molecule has 12 heteroatoms. The van der Waals surface area contributed by atoms with Crippen molar-refractivity contribution in [2.75, 3.05) is 13.2 Å². The summed E-state index contributed by atoms with van der Waals surface area (Å²) in [4.78, 5) is 0. The van der Waals surface area contributed by atoms with Crippen LogP contribution in [0.3, 0.4) is 0 Å². The molecule has 6 unspecified atom stereocenters. The molecule has 1 heterocycles. The average Bonchev–Trinajstić information content (AvgIpc) is 1.64. The van der Waals surface area contributed by atoms with Gasteiger partial charge in [-0.05, 0) is 255 Å². The third-order valence-electron chi connectivity index (χ3n) is 19.9. The van der Waals surface area contributed by atoms with Gasteiger partial charge in [-0.3, -0.25) is 0 Å². The second-order valence-corrected chi connectivity index (χ2v) is 61.5. The zero-order valence-corrected chi connectivity index (χ0v) is 102. The van der Waals surface area contributed by atoms with E-state index in [0.717, 1.165) is 43.3 Å². The van der Waals surface area contributed by atoms with Gasteiger partial charge in [0.1, 0.15) is 28.8 Å². The summed E-state index contributed by atoms with van der Waals surface area (Å²) < 4.78 is 146. The molecule has 0 bridgehead atoms. The molecule has 0 N–H and O–H groups in total. The summed E-state index contributed by atoms with van der Waals surface area (Å²) in [7, 11) is 0. The number of hydrogen-bond acceptors (Lipinski definition) is 1. The maximum absolute atomic E-state index is 13.3. The van der Waals surface area contributed by atoms with E-state index >= 15 is 0 Å². The smallest absolute Gasteiger partial charge is 0.248 e. The number of ether oxygens (including phenoxy) is 1. The van der Waals surface area contributed by atoms with E-state index in [4.69, 9.17) is 4.74 Å². The highest BCUT2D eigenvalue weighted by molar-refractivity contribution is 4.92. The van der Waals surface area contributed by atoms with E-state index in [1.165, 1.54) is 78.1 Å². The normalized spacial score (nSPS) is 16.5. The lowest BCUT2D eigenvalue weighted by Crippen LogP contribution is -2.42. The number of rotatable bonds is 21.